The van der Waals surface area contributed by atoms with Crippen LogP contribution in [-0.2, 0) is 16.1 Å². The minimum Gasteiger partial charge on any atom is -0.493 e. The Morgan fingerprint density at radius 3 is 2.30 bits per heavy atom. The number of carbonyl (C=O) groups excluding carboxylic acids is 2. The highest BCUT2D eigenvalue weighted by molar-refractivity contribution is 6.07. The second kappa shape index (κ2) is 13.9. The Bertz CT molecular complexity index is 1290. The van der Waals surface area contributed by atoms with Crippen LogP contribution >= 0.6 is 0 Å². The first-order valence-electron chi connectivity index (χ1n) is 14.3. The predicted octanol–water partition coefficient (Wildman–Crippen LogP) is 5.24. The lowest BCUT2D eigenvalue weighted by Crippen LogP contribution is -2.50. The van der Waals surface area contributed by atoms with Gasteiger partial charge in [0.05, 0.1) is 12.1 Å². The second-order valence-corrected chi connectivity index (χ2v) is 10.1. The minimum atomic E-state index is -0.250. The van der Waals surface area contributed by atoms with Gasteiger partial charge in [0, 0.05) is 55.4 Å². The average molecular weight is 549 g/mol. The number of nitrogens with zero attached hydrogens (tertiary/aromatic N) is 3. The van der Waals surface area contributed by atoms with Gasteiger partial charge in [-0.05, 0) is 69.2 Å². The topological polar surface area (TPSA) is 104 Å². The van der Waals surface area contributed by atoms with Crippen LogP contribution in [0.4, 0.5) is 11.4 Å². The highest BCUT2D eigenvalue weighted by atomic mass is 16.5. The fraction of sp³-hybridized carbons (Fsp3) is 0.452. The monoisotopic (exact) mass is 548 g/mol. The van der Waals surface area contributed by atoms with E-state index < -0.39 is 0 Å². The molecule has 2 N–H and O–H groups in total. The average Bonchev–Trinajstić information content (AvgIpc) is 3.38. The number of anilines is 2. The van der Waals surface area contributed by atoms with E-state index in [9.17, 15) is 9.59 Å². The summed E-state index contributed by atoms with van der Waals surface area (Å²) < 4.78 is 7.80. The van der Waals surface area contributed by atoms with Gasteiger partial charge in [-0.25, -0.2) is 0 Å². The molecule has 0 unspecified atom stereocenters. The van der Waals surface area contributed by atoms with Gasteiger partial charge in [-0.15, -0.1) is 0 Å². The summed E-state index contributed by atoms with van der Waals surface area (Å²) in [5.74, 6) is 1.25. The van der Waals surface area contributed by atoms with Gasteiger partial charge in [-0.1, -0.05) is 25.3 Å². The van der Waals surface area contributed by atoms with Gasteiger partial charge in [0.2, 0.25) is 5.91 Å². The van der Waals surface area contributed by atoms with E-state index in [0.717, 1.165) is 67.0 Å². The Labute approximate surface area is 235 Å². The van der Waals surface area contributed by atoms with Crippen molar-refractivity contribution in [1.82, 2.24) is 9.47 Å². The van der Waals surface area contributed by atoms with Gasteiger partial charge in [0.25, 0.3) is 12.4 Å². The Morgan fingerprint density at radius 1 is 1.00 bits per heavy atom. The summed E-state index contributed by atoms with van der Waals surface area (Å²) >= 11 is 0. The third kappa shape index (κ3) is 6.58. The Hall–Kier alpha value is -4.01. The molecule has 214 valence electrons. The lowest BCUT2D eigenvalue weighted by Gasteiger charge is -2.38. The molecule has 2 aromatic carbocycles. The quantitative estimate of drug-likeness (QED) is 0.391. The summed E-state index contributed by atoms with van der Waals surface area (Å²) in [5, 5.41) is 10.9. The first kappa shape index (κ1) is 29.0. The van der Waals surface area contributed by atoms with E-state index in [1.165, 1.54) is 19.3 Å². The molecule has 9 heteroatoms. The number of hydrogen-bond donors (Lipinski definition) is 2. The maximum Gasteiger partial charge on any atom is 0.290 e. The van der Waals surface area contributed by atoms with Crippen molar-refractivity contribution in [1.29, 1.82) is 0 Å². The van der Waals surface area contributed by atoms with Crippen molar-refractivity contribution in [2.75, 3.05) is 43.0 Å². The number of hydrogen-bond acceptors (Lipinski definition) is 5. The maximum absolute atomic E-state index is 13.2. The van der Waals surface area contributed by atoms with Crippen LogP contribution in [0.15, 0.2) is 48.5 Å². The molecule has 9 nitrogen and oxygen atoms in total. The van der Waals surface area contributed by atoms with E-state index in [1.54, 1.807) is 0 Å². The molecule has 0 radical (unpaired) electrons. The fourth-order valence-electron chi connectivity index (χ4n) is 5.81. The Balaban J connectivity index is 0.00000118. The van der Waals surface area contributed by atoms with Crippen LogP contribution < -0.4 is 15.0 Å². The normalized spacial score (nSPS) is 15.8. The lowest BCUT2D eigenvalue weighted by atomic mass is 9.88. The number of rotatable bonds is 7. The SMILES string of the molecule is CCOc1cccc2c1cc(C(=O)Nc1ccc(N3CCN(C(=O)C4CCCCC4)CC3)cc1)n2CC.O=CO. The van der Waals surface area contributed by atoms with Crippen molar-refractivity contribution in [2.24, 2.45) is 5.92 Å². The number of aryl methyl sites for hydroxylation is 1. The second-order valence-electron chi connectivity index (χ2n) is 10.1. The van der Waals surface area contributed by atoms with Gasteiger partial charge in [-0.3, -0.25) is 14.4 Å². The van der Waals surface area contributed by atoms with E-state index in [2.05, 4.69) is 27.2 Å². The zero-order valence-corrected chi connectivity index (χ0v) is 23.5. The highest BCUT2D eigenvalue weighted by Crippen LogP contribution is 2.30. The number of carboxylic acid groups (broad SMARTS) is 1. The molecule has 1 saturated carbocycles. The van der Waals surface area contributed by atoms with E-state index in [-0.39, 0.29) is 18.3 Å². The van der Waals surface area contributed by atoms with Crippen molar-refractivity contribution in [2.45, 2.75) is 52.5 Å². The van der Waals surface area contributed by atoms with Crippen LogP contribution in [0.5, 0.6) is 5.75 Å². The molecule has 5 rings (SSSR count). The lowest BCUT2D eigenvalue weighted by molar-refractivity contribution is -0.136. The number of aromatic nitrogens is 1. The van der Waals surface area contributed by atoms with Crippen molar-refractivity contribution in [3.05, 3.63) is 54.2 Å². The van der Waals surface area contributed by atoms with Crippen LogP contribution in [0.3, 0.4) is 0 Å². The highest BCUT2D eigenvalue weighted by Gasteiger charge is 2.28. The summed E-state index contributed by atoms with van der Waals surface area (Å²) in [7, 11) is 0. The molecule has 40 heavy (non-hydrogen) atoms. The summed E-state index contributed by atoms with van der Waals surface area (Å²) in [6.45, 7) is 8.25. The van der Waals surface area contributed by atoms with Crippen LogP contribution in [0.1, 0.15) is 56.4 Å². The largest absolute Gasteiger partial charge is 0.493 e. The maximum atomic E-state index is 13.2. The van der Waals surface area contributed by atoms with E-state index in [1.807, 2.05) is 54.8 Å². The summed E-state index contributed by atoms with van der Waals surface area (Å²) in [5.41, 5.74) is 3.49. The third-order valence-corrected chi connectivity index (χ3v) is 7.79. The smallest absolute Gasteiger partial charge is 0.290 e. The minimum absolute atomic E-state index is 0.136. The van der Waals surface area contributed by atoms with Crippen molar-refractivity contribution in [3.8, 4) is 5.75 Å². The number of amides is 2. The number of fused-ring (bicyclic) bond motifs is 1. The number of carbonyl (C=O) groups is 3. The predicted molar refractivity (Wildman–Crippen MR) is 157 cm³/mol. The van der Waals surface area contributed by atoms with E-state index >= 15 is 0 Å². The zero-order chi connectivity index (χ0) is 28.5. The number of nitrogens with one attached hydrogen (secondary N) is 1. The molecule has 1 aliphatic heterocycles. The molecule has 2 amide bonds. The van der Waals surface area contributed by atoms with Crippen LogP contribution in [0, 0.1) is 5.92 Å². The molecule has 0 spiro atoms. The van der Waals surface area contributed by atoms with E-state index in [0.29, 0.717) is 24.8 Å². The molecule has 3 aromatic rings. The molecule has 2 aliphatic rings. The molecule has 1 aliphatic carbocycles. The standard InChI is InChI=1S/C30H38N4O3.CH2O2/c1-3-34-26-11-8-12-28(37-4-2)25(26)21-27(34)29(35)31-23-13-15-24(16-14-23)32-17-19-33(20-18-32)30(36)22-9-6-5-7-10-22;2-1-3/h8,11-16,21-22H,3-7,9-10,17-20H2,1-2H3,(H,31,35);1H,(H,2,3). The van der Waals surface area contributed by atoms with Gasteiger partial charge in [0.15, 0.2) is 0 Å². The molecule has 0 atom stereocenters. The van der Waals surface area contributed by atoms with E-state index in [4.69, 9.17) is 14.6 Å². The van der Waals surface area contributed by atoms with Gasteiger partial charge in [-0.2, -0.15) is 0 Å². The van der Waals surface area contributed by atoms with Crippen LogP contribution in [0.25, 0.3) is 10.9 Å². The Morgan fingerprint density at radius 2 is 1.68 bits per heavy atom. The number of piperazine rings is 1. The molecule has 1 aromatic heterocycles. The molecule has 2 fully saturated rings. The Kier molecular flexibility index (Phi) is 10.0. The molecular formula is C31H40N4O5. The molecular weight excluding hydrogens is 508 g/mol. The number of benzene rings is 2. The van der Waals surface area contributed by atoms with Crippen molar-refractivity contribution < 1.29 is 24.2 Å². The van der Waals surface area contributed by atoms with Crippen molar-refractivity contribution >= 4 is 40.6 Å². The van der Waals surface area contributed by atoms with Crippen LogP contribution in [0.2, 0.25) is 0 Å². The van der Waals surface area contributed by atoms with Gasteiger partial charge in [0.1, 0.15) is 11.4 Å². The zero-order valence-electron chi connectivity index (χ0n) is 23.5. The summed E-state index contributed by atoms with van der Waals surface area (Å²) in [6, 6.07) is 15.9. The third-order valence-electron chi connectivity index (χ3n) is 7.79. The van der Waals surface area contributed by atoms with Crippen molar-refractivity contribution in [3.63, 3.8) is 0 Å². The van der Waals surface area contributed by atoms with Gasteiger partial charge < -0.3 is 29.5 Å². The first-order chi connectivity index (χ1) is 19.5. The molecule has 0 bridgehead atoms. The first-order valence-corrected chi connectivity index (χ1v) is 14.3. The molecule has 2 heterocycles. The summed E-state index contributed by atoms with van der Waals surface area (Å²) in [4.78, 5) is 38.8. The summed E-state index contributed by atoms with van der Waals surface area (Å²) in [6.07, 6.45) is 5.76. The number of ether oxygens (including phenoxy) is 1. The van der Waals surface area contributed by atoms with Crippen LogP contribution in [-0.4, -0.2) is 65.6 Å². The molecule has 1 saturated heterocycles. The fourth-order valence-corrected chi connectivity index (χ4v) is 5.81. The van der Waals surface area contributed by atoms with Gasteiger partial charge >= 0.3 is 0 Å².